The molecule has 0 saturated carbocycles. The largest absolute Gasteiger partial charge is 0.507 e. The number of nitrogens with zero attached hydrogens (tertiary/aromatic N) is 2. The van der Waals surface area contributed by atoms with Crippen LogP contribution in [-0.2, 0) is 16.0 Å². The van der Waals surface area contributed by atoms with Crippen LogP contribution < -0.4 is 0 Å². The van der Waals surface area contributed by atoms with Gasteiger partial charge in [0.15, 0.2) is 5.78 Å². The van der Waals surface area contributed by atoms with E-state index < -0.39 is 12.5 Å². The quantitative estimate of drug-likeness (QED) is 0.353. The second kappa shape index (κ2) is 11.0. The maximum absolute atomic E-state index is 13.0. The van der Waals surface area contributed by atoms with E-state index in [0.29, 0.717) is 29.5 Å². The number of Topliss-reactive ketones (excluding diaryl/α,β-unsaturated/α-hetero) is 3. The number of aromatic nitrogens is 2. The number of benzene rings is 1. The highest BCUT2D eigenvalue weighted by molar-refractivity contribution is 6.28. The molecule has 3 N–H and O–H groups in total. The molecule has 1 aromatic heterocycles. The third-order valence-electron chi connectivity index (χ3n) is 6.21. The lowest BCUT2D eigenvalue weighted by molar-refractivity contribution is -0.131. The first-order valence-corrected chi connectivity index (χ1v) is 11.2. The Morgan fingerprint density at radius 2 is 1.88 bits per heavy atom. The minimum absolute atomic E-state index is 0.0936. The van der Waals surface area contributed by atoms with Gasteiger partial charge in [-0.3, -0.25) is 14.4 Å². The minimum Gasteiger partial charge on any atom is -0.507 e. The molecule has 0 spiro atoms. The third kappa shape index (κ3) is 5.82. The second-order valence-electron chi connectivity index (χ2n) is 8.57. The maximum atomic E-state index is 13.0. The molecule has 3 atom stereocenters. The molecule has 8 nitrogen and oxygen atoms in total. The number of halogens is 1. The van der Waals surface area contributed by atoms with E-state index in [2.05, 4.69) is 9.97 Å². The minimum atomic E-state index is -0.786. The number of aliphatic hydroxyl groups excluding tert-OH is 2. The smallest absolute Gasteiger partial charge is 0.222 e. The summed E-state index contributed by atoms with van der Waals surface area (Å²) >= 11 is 5.80. The summed E-state index contributed by atoms with van der Waals surface area (Å²) in [4.78, 5) is 44.9. The van der Waals surface area contributed by atoms with Gasteiger partial charge in [0.25, 0.3) is 0 Å². The van der Waals surface area contributed by atoms with Gasteiger partial charge in [0, 0.05) is 36.9 Å². The molecule has 9 heteroatoms. The lowest BCUT2D eigenvalue weighted by atomic mass is 9.72. The molecule has 176 valence electrons. The molecule has 1 aromatic carbocycles. The number of phenols is 1. The van der Waals surface area contributed by atoms with E-state index in [4.69, 9.17) is 11.6 Å². The molecule has 3 rings (SSSR count). The fourth-order valence-electron chi connectivity index (χ4n) is 4.74. The summed E-state index contributed by atoms with van der Waals surface area (Å²) in [7, 11) is 0. The molecular formula is C24H27ClN2O6. The van der Waals surface area contributed by atoms with Crippen molar-refractivity contribution >= 4 is 29.0 Å². The van der Waals surface area contributed by atoms with E-state index >= 15 is 0 Å². The zero-order chi connectivity index (χ0) is 24.1. The van der Waals surface area contributed by atoms with Crippen LogP contribution in [0.3, 0.4) is 0 Å². The first-order valence-electron chi connectivity index (χ1n) is 10.8. The molecule has 0 saturated heterocycles. The van der Waals surface area contributed by atoms with Gasteiger partial charge in [0.1, 0.15) is 17.3 Å². The van der Waals surface area contributed by atoms with Gasteiger partial charge >= 0.3 is 0 Å². The van der Waals surface area contributed by atoms with Crippen molar-refractivity contribution in [3.05, 3.63) is 40.9 Å². The van der Waals surface area contributed by atoms with Crippen LogP contribution >= 0.6 is 11.6 Å². The van der Waals surface area contributed by atoms with E-state index in [1.807, 2.05) is 0 Å². The van der Waals surface area contributed by atoms with Crippen LogP contribution in [0.25, 0.3) is 11.1 Å². The molecule has 1 aliphatic carbocycles. The SMILES string of the molecule is CC(=O)CC(=O)C(CO)C(CCO)CC1CC(=O)c2c(O)ccc(-c3cnc(Cl)nc3)c2C1. The molecule has 33 heavy (non-hydrogen) atoms. The van der Waals surface area contributed by atoms with Crippen LogP contribution in [0.15, 0.2) is 24.5 Å². The highest BCUT2D eigenvalue weighted by Gasteiger charge is 2.35. The fraction of sp³-hybridized carbons (Fsp3) is 0.458. The van der Waals surface area contributed by atoms with Crippen molar-refractivity contribution in [3.63, 3.8) is 0 Å². The summed E-state index contributed by atoms with van der Waals surface area (Å²) in [5.74, 6) is -2.29. The van der Waals surface area contributed by atoms with Crippen molar-refractivity contribution in [2.24, 2.45) is 17.8 Å². The van der Waals surface area contributed by atoms with Crippen molar-refractivity contribution in [3.8, 4) is 16.9 Å². The Hall–Kier alpha value is -2.68. The van der Waals surface area contributed by atoms with Gasteiger partial charge in [-0.25, -0.2) is 9.97 Å². The number of hydrogen-bond acceptors (Lipinski definition) is 8. The van der Waals surface area contributed by atoms with Crippen LogP contribution in [0.2, 0.25) is 5.28 Å². The van der Waals surface area contributed by atoms with Crippen LogP contribution in [0.5, 0.6) is 5.75 Å². The van der Waals surface area contributed by atoms with Crippen molar-refractivity contribution in [2.75, 3.05) is 13.2 Å². The Labute approximate surface area is 196 Å². The van der Waals surface area contributed by atoms with Gasteiger partial charge in [-0.1, -0.05) is 6.07 Å². The van der Waals surface area contributed by atoms with Crippen molar-refractivity contribution in [2.45, 2.75) is 39.0 Å². The predicted octanol–water partition coefficient (Wildman–Crippen LogP) is 2.79. The number of hydrogen-bond donors (Lipinski definition) is 3. The Bertz CT molecular complexity index is 1040. The summed E-state index contributed by atoms with van der Waals surface area (Å²) in [6.07, 6.45) is 4.13. The highest BCUT2D eigenvalue weighted by Crippen LogP contribution is 2.41. The van der Waals surface area contributed by atoms with E-state index in [1.54, 1.807) is 18.5 Å². The molecule has 0 fully saturated rings. The summed E-state index contributed by atoms with van der Waals surface area (Å²) in [5.41, 5.74) is 2.30. The Morgan fingerprint density at radius 1 is 1.18 bits per heavy atom. The molecule has 0 radical (unpaired) electrons. The van der Waals surface area contributed by atoms with Crippen LogP contribution in [0.1, 0.15) is 48.5 Å². The highest BCUT2D eigenvalue weighted by atomic mass is 35.5. The Balaban J connectivity index is 1.91. The molecule has 0 amide bonds. The Kier molecular flexibility index (Phi) is 8.29. The summed E-state index contributed by atoms with van der Waals surface area (Å²) < 4.78 is 0. The number of aromatic hydroxyl groups is 1. The zero-order valence-corrected chi connectivity index (χ0v) is 19.1. The number of ketones is 3. The van der Waals surface area contributed by atoms with E-state index in [9.17, 15) is 29.7 Å². The topological polar surface area (TPSA) is 138 Å². The average Bonchev–Trinajstić information content (AvgIpc) is 2.74. The molecule has 0 aliphatic heterocycles. The number of rotatable bonds is 10. The van der Waals surface area contributed by atoms with E-state index in [1.165, 1.54) is 13.0 Å². The standard InChI is InChI=1S/C24H27ClN2O6/c1-13(30)6-21(32)19(12-29)15(4-5-28)7-14-8-18-17(16-10-26-24(25)27-11-16)2-3-20(31)23(18)22(33)9-14/h2-3,10-11,14-15,19,28-29,31H,4-9,12H2,1H3. The predicted molar refractivity (Wildman–Crippen MR) is 121 cm³/mol. The number of carbonyl (C=O) groups excluding carboxylic acids is 3. The number of fused-ring (bicyclic) bond motifs is 1. The summed E-state index contributed by atoms with van der Waals surface area (Å²) in [6, 6.07) is 3.17. The molecule has 3 unspecified atom stereocenters. The molecule has 1 heterocycles. The van der Waals surface area contributed by atoms with Crippen LogP contribution in [-0.4, -0.2) is 55.9 Å². The number of aliphatic hydroxyl groups is 2. The van der Waals surface area contributed by atoms with E-state index in [-0.39, 0.29) is 71.7 Å². The molecule has 0 bridgehead atoms. The van der Waals surface area contributed by atoms with Gasteiger partial charge in [0.2, 0.25) is 5.28 Å². The van der Waals surface area contributed by atoms with Crippen LogP contribution in [0, 0.1) is 17.8 Å². The number of carbonyl (C=O) groups is 3. The number of phenolic OH excluding ortho intramolecular Hbond substituents is 1. The van der Waals surface area contributed by atoms with Crippen molar-refractivity contribution in [1.82, 2.24) is 9.97 Å². The van der Waals surface area contributed by atoms with Crippen molar-refractivity contribution in [1.29, 1.82) is 0 Å². The molecule has 2 aromatic rings. The lowest BCUT2D eigenvalue weighted by Gasteiger charge is -2.31. The third-order valence-corrected chi connectivity index (χ3v) is 6.40. The van der Waals surface area contributed by atoms with Crippen molar-refractivity contribution < 1.29 is 29.7 Å². The average molecular weight is 475 g/mol. The van der Waals surface area contributed by atoms with Gasteiger partial charge < -0.3 is 15.3 Å². The van der Waals surface area contributed by atoms with Crippen LogP contribution in [0.4, 0.5) is 0 Å². The summed E-state index contributed by atoms with van der Waals surface area (Å²) in [6.45, 7) is 0.709. The maximum Gasteiger partial charge on any atom is 0.222 e. The van der Waals surface area contributed by atoms with Gasteiger partial charge in [0.05, 0.1) is 18.6 Å². The molecular weight excluding hydrogens is 448 g/mol. The Morgan fingerprint density at radius 3 is 2.48 bits per heavy atom. The lowest BCUT2D eigenvalue weighted by Crippen LogP contribution is -2.32. The van der Waals surface area contributed by atoms with Gasteiger partial charge in [-0.15, -0.1) is 0 Å². The first-order chi connectivity index (χ1) is 15.7. The second-order valence-corrected chi connectivity index (χ2v) is 8.90. The first kappa shape index (κ1) is 25.0. The van der Waals surface area contributed by atoms with E-state index in [0.717, 1.165) is 0 Å². The van der Waals surface area contributed by atoms with Gasteiger partial charge in [-0.05, 0) is 66.8 Å². The zero-order valence-electron chi connectivity index (χ0n) is 18.3. The molecule has 1 aliphatic rings. The summed E-state index contributed by atoms with van der Waals surface area (Å²) in [5, 5.41) is 29.9. The monoisotopic (exact) mass is 474 g/mol. The normalized spacial score (nSPS) is 17.3. The fourth-order valence-corrected chi connectivity index (χ4v) is 4.84. The van der Waals surface area contributed by atoms with Gasteiger partial charge in [-0.2, -0.15) is 0 Å².